The van der Waals surface area contributed by atoms with Crippen LogP contribution in [0.3, 0.4) is 0 Å². The molecule has 2 heterocycles. The molecule has 0 radical (unpaired) electrons. The van der Waals surface area contributed by atoms with E-state index in [-0.39, 0.29) is 12.0 Å². The minimum Gasteiger partial charge on any atom is -0.384 e. The summed E-state index contributed by atoms with van der Waals surface area (Å²) in [7, 11) is 0.212. The third-order valence-electron chi connectivity index (χ3n) is 4.46. The van der Waals surface area contributed by atoms with Crippen LogP contribution in [0.25, 0.3) is 0 Å². The van der Waals surface area contributed by atoms with E-state index in [4.69, 9.17) is 4.74 Å². The van der Waals surface area contributed by atoms with Crippen molar-refractivity contribution in [1.82, 2.24) is 19.2 Å². The number of methoxy groups -OCH3 is 1. The first kappa shape index (κ1) is 18.8. The highest BCUT2D eigenvalue weighted by atomic mass is 32.2. The summed E-state index contributed by atoms with van der Waals surface area (Å²) in [5.74, 6) is 0. The molecule has 24 heavy (non-hydrogen) atoms. The van der Waals surface area contributed by atoms with E-state index in [1.54, 1.807) is 7.11 Å². The third kappa shape index (κ3) is 3.77. The van der Waals surface area contributed by atoms with Gasteiger partial charge in [0.15, 0.2) is 4.90 Å². The standard InChI is InChI=1S/C14H24N4O5S/c1-17-8-11(12(19)18(2)13(17)20)24(21,22)16-9-14(10-23-3)4-6-15-7-5-14/h8,15-16H,4-7,9-10H2,1-3H3. The van der Waals surface area contributed by atoms with Gasteiger partial charge >= 0.3 is 5.69 Å². The summed E-state index contributed by atoms with van der Waals surface area (Å²) in [4.78, 5) is 23.4. The van der Waals surface area contributed by atoms with Crippen LogP contribution in [0, 0.1) is 5.41 Å². The summed E-state index contributed by atoms with van der Waals surface area (Å²) in [6.45, 7) is 2.18. The van der Waals surface area contributed by atoms with E-state index >= 15 is 0 Å². The SMILES string of the molecule is COCC1(CNS(=O)(=O)c2cn(C)c(=O)n(C)c2=O)CCNCC1. The van der Waals surface area contributed by atoms with Crippen LogP contribution in [0.15, 0.2) is 20.7 Å². The van der Waals surface area contributed by atoms with Crippen molar-refractivity contribution in [2.75, 3.05) is 33.4 Å². The molecule has 0 amide bonds. The van der Waals surface area contributed by atoms with Crippen molar-refractivity contribution in [2.45, 2.75) is 17.7 Å². The van der Waals surface area contributed by atoms with Crippen molar-refractivity contribution in [3.05, 3.63) is 27.0 Å². The Morgan fingerprint density at radius 1 is 1.29 bits per heavy atom. The highest BCUT2D eigenvalue weighted by Crippen LogP contribution is 2.28. The molecule has 0 unspecified atom stereocenters. The van der Waals surface area contributed by atoms with Gasteiger partial charge in [0.1, 0.15) is 0 Å². The van der Waals surface area contributed by atoms with Gasteiger partial charge in [0.05, 0.1) is 6.61 Å². The topological polar surface area (TPSA) is 111 Å². The van der Waals surface area contributed by atoms with E-state index < -0.39 is 26.2 Å². The largest absolute Gasteiger partial charge is 0.384 e. The van der Waals surface area contributed by atoms with Crippen LogP contribution >= 0.6 is 0 Å². The molecule has 0 atom stereocenters. The number of hydrogen-bond donors (Lipinski definition) is 2. The molecule has 2 N–H and O–H groups in total. The maximum Gasteiger partial charge on any atom is 0.330 e. The van der Waals surface area contributed by atoms with Crippen molar-refractivity contribution in [3.63, 3.8) is 0 Å². The van der Waals surface area contributed by atoms with E-state index in [0.717, 1.165) is 41.3 Å². The summed E-state index contributed by atoms with van der Waals surface area (Å²) in [6.07, 6.45) is 2.60. The number of aryl methyl sites for hydroxylation is 1. The molecule has 10 heteroatoms. The molecular formula is C14H24N4O5S. The van der Waals surface area contributed by atoms with Crippen LogP contribution in [0.1, 0.15) is 12.8 Å². The number of nitrogens with one attached hydrogen (secondary N) is 2. The van der Waals surface area contributed by atoms with Crippen LogP contribution in [0.2, 0.25) is 0 Å². The number of piperidine rings is 1. The third-order valence-corrected chi connectivity index (χ3v) is 5.84. The van der Waals surface area contributed by atoms with Gasteiger partial charge in [-0.2, -0.15) is 0 Å². The van der Waals surface area contributed by atoms with Crippen LogP contribution in [-0.4, -0.2) is 50.9 Å². The van der Waals surface area contributed by atoms with Gasteiger partial charge in [0, 0.05) is 39.4 Å². The summed E-state index contributed by atoms with van der Waals surface area (Å²) in [5, 5.41) is 3.23. The quantitative estimate of drug-likeness (QED) is 0.631. The first-order valence-corrected chi connectivity index (χ1v) is 9.17. The number of rotatable bonds is 6. The predicted molar refractivity (Wildman–Crippen MR) is 88.5 cm³/mol. The lowest BCUT2D eigenvalue weighted by atomic mass is 9.80. The molecule has 1 aliphatic heterocycles. The van der Waals surface area contributed by atoms with Crippen LogP contribution < -0.4 is 21.3 Å². The highest BCUT2D eigenvalue weighted by Gasteiger charge is 2.34. The molecule has 0 spiro atoms. The second-order valence-electron chi connectivity index (χ2n) is 6.26. The van der Waals surface area contributed by atoms with Crippen molar-refractivity contribution < 1.29 is 13.2 Å². The van der Waals surface area contributed by atoms with Gasteiger partial charge in [-0.05, 0) is 25.9 Å². The van der Waals surface area contributed by atoms with Gasteiger partial charge in [-0.15, -0.1) is 0 Å². The van der Waals surface area contributed by atoms with Gasteiger partial charge in [-0.25, -0.2) is 17.9 Å². The Labute approximate surface area is 140 Å². The van der Waals surface area contributed by atoms with Gasteiger partial charge in [-0.3, -0.25) is 9.36 Å². The molecule has 0 aromatic carbocycles. The van der Waals surface area contributed by atoms with Crippen molar-refractivity contribution >= 4 is 10.0 Å². The van der Waals surface area contributed by atoms with Gasteiger partial charge in [-0.1, -0.05) is 0 Å². The molecule has 0 aliphatic carbocycles. The second-order valence-corrected chi connectivity index (χ2v) is 7.99. The molecule has 9 nitrogen and oxygen atoms in total. The molecule has 1 fully saturated rings. The molecule has 0 saturated carbocycles. The molecule has 2 rings (SSSR count). The Morgan fingerprint density at radius 3 is 2.50 bits per heavy atom. The predicted octanol–water partition coefficient (Wildman–Crippen LogP) is -1.62. The van der Waals surface area contributed by atoms with Gasteiger partial charge < -0.3 is 14.6 Å². The zero-order valence-corrected chi connectivity index (χ0v) is 15.0. The maximum absolute atomic E-state index is 12.6. The fourth-order valence-electron chi connectivity index (χ4n) is 2.92. The molecule has 1 aromatic heterocycles. The zero-order chi connectivity index (χ0) is 18.0. The Morgan fingerprint density at radius 2 is 1.92 bits per heavy atom. The van der Waals surface area contributed by atoms with Crippen LogP contribution in [-0.2, 0) is 28.9 Å². The smallest absolute Gasteiger partial charge is 0.330 e. The lowest BCUT2D eigenvalue weighted by Crippen LogP contribution is -2.48. The minimum absolute atomic E-state index is 0.177. The van der Waals surface area contributed by atoms with Crippen LogP contribution in [0.5, 0.6) is 0 Å². The summed E-state index contributed by atoms with van der Waals surface area (Å²) >= 11 is 0. The Hall–Kier alpha value is -1.49. The first-order chi connectivity index (χ1) is 11.2. The number of sulfonamides is 1. The van der Waals surface area contributed by atoms with Crippen LogP contribution in [0.4, 0.5) is 0 Å². The van der Waals surface area contributed by atoms with Crippen molar-refractivity contribution in [2.24, 2.45) is 19.5 Å². The summed E-state index contributed by atoms with van der Waals surface area (Å²) in [5.41, 5.74) is -1.72. The summed E-state index contributed by atoms with van der Waals surface area (Å²) in [6, 6.07) is 0. The molecule has 1 aliphatic rings. The molecule has 136 valence electrons. The van der Waals surface area contributed by atoms with Gasteiger partial charge in [0.25, 0.3) is 5.56 Å². The van der Waals surface area contributed by atoms with Crippen molar-refractivity contribution in [1.29, 1.82) is 0 Å². The monoisotopic (exact) mass is 360 g/mol. The second kappa shape index (κ2) is 7.18. The van der Waals surface area contributed by atoms with E-state index in [1.165, 1.54) is 14.1 Å². The molecular weight excluding hydrogens is 336 g/mol. The number of aromatic nitrogens is 2. The first-order valence-electron chi connectivity index (χ1n) is 7.68. The van der Waals surface area contributed by atoms with E-state index in [9.17, 15) is 18.0 Å². The Balaban J connectivity index is 2.29. The molecule has 0 bridgehead atoms. The normalized spacial score (nSPS) is 17.8. The van der Waals surface area contributed by atoms with E-state index in [2.05, 4.69) is 10.0 Å². The Bertz CT molecular complexity index is 800. The van der Waals surface area contributed by atoms with E-state index in [0.29, 0.717) is 6.61 Å². The maximum atomic E-state index is 12.6. The minimum atomic E-state index is -4.03. The molecule has 1 saturated heterocycles. The van der Waals surface area contributed by atoms with Crippen molar-refractivity contribution in [3.8, 4) is 0 Å². The van der Waals surface area contributed by atoms with E-state index in [1.807, 2.05) is 0 Å². The lowest BCUT2D eigenvalue weighted by molar-refractivity contribution is 0.0577. The average molecular weight is 360 g/mol. The average Bonchev–Trinajstić information content (AvgIpc) is 2.55. The fraction of sp³-hybridized carbons (Fsp3) is 0.714. The highest BCUT2D eigenvalue weighted by molar-refractivity contribution is 7.89. The zero-order valence-electron chi connectivity index (χ0n) is 14.2. The molecule has 1 aromatic rings. The number of ether oxygens (including phenoxy) is 1. The number of hydrogen-bond acceptors (Lipinski definition) is 6. The Kier molecular flexibility index (Phi) is 5.63. The summed E-state index contributed by atoms with van der Waals surface area (Å²) < 4.78 is 34.8. The number of nitrogens with zero attached hydrogens (tertiary/aromatic N) is 2. The fourth-order valence-corrected chi connectivity index (χ4v) is 4.24. The van der Waals surface area contributed by atoms with Gasteiger partial charge in [0.2, 0.25) is 10.0 Å². The lowest BCUT2D eigenvalue weighted by Gasteiger charge is -2.37.